The van der Waals surface area contributed by atoms with Gasteiger partial charge in [0.15, 0.2) is 7.14 Å². The Hall–Kier alpha value is -1.03. The van der Waals surface area contributed by atoms with Gasteiger partial charge in [-0.3, -0.25) is 0 Å². The molecule has 0 aromatic heterocycles. The van der Waals surface area contributed by atoms with Gasteiger partial charge in [0.05, 0.1) is 7.11 Å². The Bertz CT molecular complexity index is 445. The minimum Gasteiger partial charge on any atom is -0.497 e. The molecule has 0 fully saturated rings. The van der Waals surface area contributed by atoms with E-state index in [0.717, 1.165) is 5.75 Å². The topological polar surface area (TPSA) is 9.23 Å². The lowest BCUT2D eigenvalue weighted by molar-refractivity contribution is -0.597. The largest absolute Gasteiger partial charge is 0.497 e. The van der Waals surface area contributed by atoms with Crippen molar-refractivity contribution in [2.75, 3.05) is 7.11 Å². The van der Waals surface area contributed by atoms with E-state index < -0.39 is 0 Å². The van der Waals surface area contributed by atoms with Gasteiger partial charge in [-0.15, -0.1) is 0 Å². The number of aryl methyl sites for hydroxylation is 1. The third kappa shape index (κ3) is 2.98. The minimum absolute atomic E-state index is 0.0577. The van der Waals surface area contributed by atoms with E-state index in [9.17, 15) is 0 Å². The van der Waals surface area contributed by atoms with Crippen molar-refractivity contribution in [1.82, 2.24) is 0 Å². The van der Waals surface area contributed by atoms with Crippen LogP contribution in [-0.2, 0) is 0 Å². The zero-order chi connectivity index (χ0) is 11.4. The first kappa shape index (κ1) is 11.5. The first-order chi connectivity index (χ1) is 7.78. The second kappa shape index (κ2) is 5.34. The van der Waals surface area contributed by atoms with Gasteiger partial charge in [0.1, 0.15) is 5.75 Å². The fraction of sp³-hybridized carbons (Fsp3) is 0.143. The summed E-state index contributed by atoms with van der Waals surface area (Å²) in [6.07, 6.45) is 0. The molecule has 0 saturated heterocycles. The molecule has 0 spiro atoms. The van der Waals surface area contributed by atoms with Crippen molar-refractivity contribution in [2.24, 2.45) is 0 Å². The van der Waals surface area contributed by atoms with Gasteiger partial charge in [0, 0.05) is 0 Å². The van der Waals surface area contributed by atoms with Crippen LogP contribution >= 0.6 is 0 Å². The molecule has 0 aliphatic rings. The standard InChI is InChI=1S/C14H14IO/c1-11-3-5-12(6-4-11)15-13-7-9-14(16-2)10-8-13/h3-10H,1-2H3/q+1. The highest BCUT2D eigenvalue weighted by Gasteiger charge is 2.14. The summed E-state index contributed by atoms with van der Waals surface area (Å²) in [5, 5.41) is 0. The molecular formula is C14H14IO+. The molecule has 2 aromatic rings. The van der Waals surface area contributed by atoms with Gasteiger partial charge < -0.3 is 4.74 Å². The van der Waals surface area contributed by atoms with E-state index in [-0.39, 0.29) is 21.2 Å². The molecule has 0 bridgehead atoms. The van der Waals surface area contributed by atoms with Crippen molar-refractivity contribution in [2.45, 2.75) is 6.92 Å². The van der Waals surface area contributed by atoms with Crippen LogP contribution in [0.5, 0.6) is 5.75 Å². The molecule has 0 saturated carbocycles. The molecule has 0 unspecified atom stereocenters. The first-order valence-electron chi connectivity index (χ1n) is 5.13. The lowest BCUT2D eigenvalue weighted by Crippen LogP contribution is -3.61. The van der Waals surface area contributed by atoms with Crippen molar-refractivity contribution in [3.05, 3.63) is 61.2 Å². The van der Waals surface area contributed by atoms with Crippen molar-refractivity contribution < 1.29 is 25.9 Å². The molecule has 1 nitrogen and oxygen atoms in total. The van der Waals surface area contributed by atoms with E-state index in [2.05, 4.69) is 43.3 Å². The SMILES string of the molecule is COc1ccc([I+]c2ccc(C)cc2)cc1. The second-order valence-electron chi connectivity index (χ2n) is 3.55. The highest BCUT2D eigenvalue weighted by atomic mass is 127. The van der Waals surface area contributed by atoms with Crippen LogP contribution in [0.25, 0.3) is 0 Å². The normalized spacial score (nSPS) is 10.1. The molecule has 0 atom stereocenters. The van der Waals surface area contributed by atoms with E-state index >= 15 is 0 Å². The number of ether oxygens (including phenoxy) is 1. The zero-order valence-electron chi connectivity index (χ0n) is 9.41. The van der Waals surface area contributed by atoms with Crippen molar-refractivity contribution in [1.29, 1.82) is 0 Å². The van der Waals surface area contributed by atoms with Crippen molar-refractivity contribution >= 4 is 0 Å². The Labute approximate surface area is 107 Å². The van der Waals surface area contributed by atoms with Crippen molar-refractivity contribution in [3.63, 3.8) is 0 Å². The molecular weight excluding hydrogens is 311 g/mol. The maximum atomic E-state index is 5.15. The van der Waals surface area contributed by atoms with Gasteiger partial charge in [-0.2, -0.15) is 0 Å². The zero-order valence-corrected chi connectivity index (χ0v) is 11.6. The Morgan fingerprint density at radius 1 is 0.812 bits per heavy atom. The molecule has 16 heavy (non-hydrogen) atoms. The highest BCUT2D eigenvalue weighted by Crippen LogP contribution is 2.06. The number of methoxy groups -OCH3 is 1. The molecule has 0 radical (unpaired) electrons. The van der Waals surface area contributed by atoms with Gasteiger partial charge in [0.2, 0.25) is 0 Å². The van der Waals surface area contributed by atoms with Crippen LogP contribution in [-0.4, -0.2) is 7.11 Å². The molecule has 82 valence electrons. The van der Waals surface area contributed by atoms with E-state index in [1.165, 1.54) is 12.7 Å². The van der Waals surface area contributed by atoms with E-state index in [1.807, 2.05) is 12.1 Å². The Kier molecular flexibility index (Phi) is 3.83. The van der Waals surface area contributed by atoms with E-state index in [0.29, 0.717) is 0 Å². The molecule has 2 rings (SSSR count). The lowest BCUT2D eigenvalue weighted by Gasteiger charge is -1.95. The van der Waals surface area contributed by atoms with Gasteiger partial charge >= 0.3 is 21.2 Å². The third-order valence-electron chi connectivity index (χ3n) is 2.28. The Morgan fingerprint density at radius 2 is 1.31 bits per heavy atom. The molecule has 0 heterocycles. The summed E-state index contributed by atoms with van der Waals surface area (Å²) in [7, 11) is 1.70. The van der Waals surface area contributed by atoms with Crippen LogP contribution < -0.4 is 25.9 Å². The van der Waals surface area contributed by atoms with Crippen LogP contribution in [0.1, 0.15) is 5.56 Å². The summed E-state index contributed by atoms with van der Waals surface area (Å²) < 4.78 is 8.02. The number of benzene rings is 2. The predicted molar refractivity (Wildman–Crippen MR) is 61.6 cm³/mol. The quantitative estimate of drug-likeness (QED) is 0.729. The second-order valence-corrected chi connectivity index (χ2v) is 6.58. The maximum Gasteiger partial charge on any atom is 0.357 e. The maximum absolute atomic E-state index is 5.15. The minimum atomic E-state index is -0.0577. The van der Waals surface area contributed by atoms with E-state index in [1.54, 1.807) is 7.11 Å². The average molecular weight is 325 g/mol. The monoisotopic (exact) mass is 325 g/mol. The van der Waals surface area contributed by atoms with Crippen LogP contribution in [0.2, 0.25) is 0 Å². The fourth-order valence-corrected chi connectivity index (χ4v) is 3.51. The van der Waals surface area contributed by atoms with Crippen LogP contribution in [0.15, 0.2) is 48.5 Å². The van der Waals surface area contributed by atoms with Gasteiger partial charge in [-0.25, -0.2) is 0 Å². The third-order valence-corrected chi connectivity index (χ3v) is 4.96. The number of halogens is 1. The van der Waals surface area contributed by atoms with Crippen LogP contribution in [0, 0.1) is 14.1 Å². The summed E-state index contributed by atoms with van der Waals surface area (Å²) in [4.78, 5) is 0. The summed E-state index contributed by atoms with van der Waals surface area (Å²) in [5.74, 6) is 0.927. The number of rotatable bonds is 3. The van der Waals surface area contributed by atoms with Crippen LogP contribution in [0.4, 0.5) is 0 Å². The molecule has 0 amide bonds. The number of hydrogen-bond acceptors (Lipinski definition) is 1. The Balaban J connectivity index is 2.11. The highest BCUT2D eigenvalue weighted by molar-refractivity contribution is 5.20. The van der Waals surface area contributed by atoms with Gasteiger partial charge in [0.25, 0.3) is 0 Å². The van der Waals surface area contributed by atoms with Gasteiger partial charge in [-0.1, -0.05) is 17.7 Å². The summed E-state index contributed by atoms with van der Waals surface area (Å²) >= 11 is -0.0577. The fourth-order valence-electron chi connectivity index (χ4n) is 1.36. The summed E-state index contributed by atoms with van der Waals surface area (Å²) in [6, 6.07) is 17.2. The van der Waals surface area contributed by atoms with Crippen LogP contribution in [0.3, 0.4) is 0 Å². The average Bonchev–Trinajstić information content (AvgIpc) is 2.33. The molecule has 0 N–H and O–H groups in total. The Morgan fingerprint density at radius 3 is 1.81 bits per heavy atom. The van der Waals surface area contributed by atoms with Crippen molar-refractivity contribution in [3.8, 4) is 5.75 Å². The lowest BCUT2D eigenvalue weighted by atomic mass is 10.2. The number of hydrogen-bond donors (Lipinski definition) is 0. The molecule has 2 heteroatoms. The first-order valence-corrected chi connectivity index (χ1v) is 7.29. The summed E-state index contributed by atoms with van der Waals surface area (Å²) in [6.45, 7) is 2.12. The molecule has 0 aliphatic carbocycles. The summed E-state index contributed by atoms with van der Waals surface area (Å²) in [5.41, 5.74) is 1.32. The van der Waals surface area contributed by atoms with Gasteiger partial charge in [-0.05, 0) is 43.3 Å². The molecule has 2 aromatic carbocycles. The molecule has 0 aliphatic heterocycles. The van der Waals surface area contributed by atoms with E-state index in [4.69, 9.17) is 4.74 Å². The smallest absolute Gasteiger partial charge is 0.357 e. The predicted octanol–water partition coefficient (Wildman–Crippen LogP) is 0.132.